The zero-order valence-corrected chi connectivity index (χ0v) is 12.9. The van der Waals surface area contributed by atoms with Gasteiger partial charge in [0.25, 0.3) is 5.91 Å². The summed E-state index contributed by atoms with van der Waals surface area (Å²) in [4.78, 5) is 12.4. The predicted octanol–water partition coefficient (Wildman–Crippen LogP) is 2.72. The van der Waals surface area contributed by atoms with Gasteiger partial charge in [0, 0.05) is 12.1 Å². The van der Waals surface area contributed by atoms with Crippen LogP contribution in [0, 0.1) is 0 Å². The molecule has 4 heteroatoms. The number of rotatable bonds is 7. The zero-order chi connectivity index (χ0) is 15.2. The molecule has 0 radical (unpaired) electrons. The van der Waals surface area contributed by atoms with Crippen LogP contribution in [-0.2, 0) is 0 Å². The van der Waals surface area contributed by atoms with Crippen LogP contribution >= 0.6 is 0 Å². The first kappa shape index (κ1) is 16.5. The van der Waals surface area contributed by atoms with Crippen LogP contribution in [0.25, 0.3) is 0 Å². The van der Waals surface area contributed by atoms with E-state index in [0.717, 1.165) is 12.8 Å². The first-order valence-corrected chi connectivity index (χ1v) is 7.25. The van der Waals surface area contributed by atoms with Gasteiger partial charge in [-0.15, -0.1) is 0 Å². The minimum absolute atomic E-state index is 0.0859. The maximum Gasteiger partial charge on any atom is 0.251 e. The van der Waals surface area contributed by atoms with Gasteiger partial charge in [0.15, 0.2) is 0 Å². The lowest BCUT2D eigenvalue weighted by molar-refractivity contribution is 0.0894. The van der Waals surface area contributed by atoms with E-state index < -0.39 is 0 Å². The molecule has 0 heterocycles. The minimum Gasteiger partial charge on any atom is -0.491 e. The summed E-state index contributed by atoms with van der Waals surface area (Å²) < 4.78 is 5.61. The van der Waals surface area contributed by atoms with Crippen LogP contribution in [0.2, 0.25) is 0 Å². The zero-order valence-electron chi connectivity index (χ0n) is 12.9. The van der Waals surface area contributed by atoms with Crippen LogP contribution in [0.4, 0.5) is 0 Å². The molecule has 0 saturated heterocycles. The highest BCUT2D eigenvalue weighted by atomic mass is 16.5. The third-order valence-corrected chi connectivity index (χ3v) is 3.59. The molecule has 20 heavy (non-hydrogen) atoms. The first-order chi connectivity index (χ1) is 9.46. The fourth-order valence-electron chi connectivity index (χ4n) is 2.06. The van der Waals surface area contributed by atoms with E-state index in [4.69, 9.17) is 10.5 Å². The second kappa shape index (κ2) is 7.29. The topological polar surface area (TPSA) is 64.3 Å². The van der Waals surface area contributed by atoms with Crippen molar-refractivity contribution in [3.63, 3.8) is 0 Å². The molecule has 0 aliphatic carbocycles. The molecule has 112 valence electrons. The van der Waals surface area contributed by atoms with Gasteiger partial charge in [-0.25, -0.2) is 0 Å². The smallest absolute Gasteiger partial charge is 0.251 e. The van der Waals surface area contributed by atoms with Crippen molar-refractivity contribution in [1.82, 2.24) is 5.32 Å². The molecule has 0 unspecified atom stereocenters. The van der Waals surface area contributed by atoms with Crippen molar-refractivity contribution in [2.24, 2.45) is 5.73 Å². The number of hydrogen-bond donors (Lipinski definition) is 2. The summed E-state index contributed by atoms with van der Waals surface area (Å²) in [6.45, 7) is 8.43. The normalized spacial score (nSPS) is 11.5. The van der Waals surface area contributed by atoms with Crippen molar-refractivity contribution in [2.75, 3.05) is 6.54 Å². The summed E-state index contributed by atoms with van der Waals surface area (Å²) in [5.74, 6) is 0.604. The monoisotopic (exact) mass is 278 g/mol. The molecule has 0 aliphatic rings. The average Bonchev–Trinajstić information content (AvgIpc) is 2.44. The van der Waals surface area contributed by atoms with E-state index in [1.807, 2.05) is 39.8 Å². The van der Waals surface area contributed by atoms with Gasteiger partial charge in [-0.2, -0.15) is 0 Å². The van der Waals surface area contributed by atoms with Crippen LogP contribution < -0.4 is 15.8 Å². The van der Waals surface area contributed by atoms with Crippen LogP contribution in [0.3, 0.4) is 0 Å². The van der Waals surface area contributed by atoms with E-state index in [9.17, 15) is 4.79 Å². The van der Waals surface area contributed by atoms with E-state index >= 15 is 0 Å². The second-order valence-electron chi connectivity index (χ2n) is 5.34. The number of amides is 1. The van der Waals surface area contributed by atoms with E-state index in [1.54, 1.807) is 12.1 Å². The Morgan fingerprint density at radius 1 is 1.35 bits per heavy atom. The van der Waals surface area contributed by atoms with Crippen molar-refractivity contribution in [1.29, 1.82) is 0 Å². The molecule has 1 aromatic carbocycles. The Labute approximate surface area is 121 Å². The number of nitrogens with two attached hydrogens (primary N) is 1. The summed E-state index contributed by atoms with van der Waals surface area (Å²) >= 11 is 0. The molecule has 0 saturated carbocycles. The Bertz CT molecular complexity index is 432. The lowest BCUT2D eigenvalue weighted by Gasteiger charge is -2.31. The molecule has 1 amide bonds. The van der Waals surface area contributed by atoms with Gasteiger partial charge >= 0.3 is 0 Å². The number of carbonyl (C=O) groups is 1. The summed E-state index contributed by atoms with van der Waals surface area (Å²) in [7, 11) is 0. The van der Waals surface area contributed by atoms with Gasteiger partial charge in [0.05, 0.1) is 11.6 Å². The molecular weight excluding hydrogens is 252 g/mol. The summed E-state index contributed by atoms with van der Waals surface area (Å²) in [5.41, 5.74) is 6.08. The van der Waals surface area contributed by atoms with Gasteiger partial charge in [-0.3, -0.25) is 4.79 Å². The summed E-state index contributed by atoms with van der Waals surface area (Å²) in [5, 5.41) is 3.06. The Kier molecular flexibility index (Phi) is 6.02. The molecule has 0 bridgehead atoms. The Morgan fingerprint density at radius 3 is 2.50 bits per heavy atom. The van der Waals surface area contributed by atoms with Crippen molar-refractivity contribution < 1.29 is 9.53 Å². The molecule has 4 nitrogen and oxygen atoms in total. The predicted molar refractivity (Wildman–Crippen MR) is 82.0 cm³/mol. The maximum atomic E-state index is 12.4. The highest BCUT2D eigenvalue weighted by Gasteiger charge is 2.26. The molecular formula is C16H26N2O2. The number of carbonyl (C=O) groups excluding carboxylic acids is 1. The number of ether oxygens (including phenoxy) is 1. The second-order valence-corrected chi connectivity index (χ2v) is 5.34. The van der Waals surface area contributed by atoms with Crippen LogP contribution in [0.15, 0.2) is 24.3 Å². The van der Waals surface area contributed by atoms with Crippen LogP contribution in [-0.4, -0.2) is 24.1 Å². The number of benzene rings is 1. The molecule has 0 aromatic heterocycles. The third-order valence-electron chi connectivity index (χ3n) is 3.59. The first-order valence-electron chi connectivity index (χ1n) is 7.25. The molecule has 0 atom stereocenters. The van der Waals surface area contributed by atoms with Crippen LogP contribution in [0.1, 0.15) is 50.9 Å². The van der Waals surface area contributed by atoms with Crippen molar-refractivity contribution in [3.05, 3.63) is 29.8 Å². The molecule has 0 fully saturated rings. The van der Waals surface area contributed by atoms with Gasteiger partial charge in [0.2, 0.25) is 0 Å². The van der Waals surface area contributed by atoms with E-state index in [0.29, 0.717) is 17.9 Å². The molecule has 1 rings (SSSR count). The Hall–Kier alpha value is -1.55. The summed E-state index contributed by atoms with van der Waals surface area (Å²) in [6.07, 6.45) is 1.71. The number of hydrogen-bond acceptors (Lipinski definition) is 3. The van der Waals surface area contributed by atoms with Gasteiger partial charge < -0.3 is 15.8 Å². The lowest BCUT2D eigenvalue weighted by atomic mass is 9.92. The van der Waals surface area contributed by atoms with Crippen LogP contribution in [0.5, 0.6) is 5.75 Å². The van der Waals surface area contributed by atoms with E-state index in [1.165, 1.54) is 0 Å². The van der Waals surface area contributed by atoms with Gasteiger partial charge in [-0.05, 0) is 44.9 Å². The largest absolute Gasteiger partial charge is 0.491 e. The Balaban J connectivity index is 2.86. The molecule has 0 spiro atoms. The lowest BCUT2D eigenvalue weighted by Crippen LogP contribution is -2.52. The van der Waals surface area contributed by atoms with Crippen molar-refractivity contribution >= 4 is 5.91 Å². The molecule has 3 N–H and O–H groups in total. The highest BCUT2D eigenvalue weighted by Crippen LogP contribution is 2.18. The highest BCUT2D eigenvalue weighted by molar-refractivity contribution is 5.95. The van der Waals surface area contributed by atoms with E-state index in [2.05, 4.69) is 5.32 Å². The van der Waals surface area contributed by atoms with Crippen molar-refractivity contribution in [2.45, 2.75) is 52.2 Å². The third kappa shape index (κ3) is 4.23. The fraction of sp³-hybridized carbons (Fsp3) is 0.562. The quantitative estimate of drug-likeness (QED) is 0.806. The fourth-order valence-corrected chi connectivity index (χ4v) is 2.06. The van der Waals surface area contributed by atoms with Crippen molar-refractivity contribution in [3.8, 4) is 5.75 Å². The molecule has 0 aliphatic heterocycles. The summed E-state index contributed by atoms with van der Waals surface area (Å²) in [6, 6.07) is 7.23. The Morgan fingerprint density at radius 2 is 2.00 bits per heavy atom. The average molecular weight is 278 g/mol. The standard InChI is InChI=1S/C16H26N2O2/c1-5-16(6-2,11-17)18-15(19)13-8-7-9-14(10-13)20-12(3)4/h7-10,12H,5-6,11,17H2,1-4H3,(H,18,19). The maximum absolute atomic E-state index is 12.4. The van der Waals surface area contributed by atoms with Gasteiger partial charge in [0.1, 0.15) is 5.75 Å². The SMILES string of the molecule is CCC(CC)(CN)NC(=O)c1cccc(OC(C)C)c1. The number of nitrogens with one attached hydrogen (secondary N) is 1. The minimum atomic E-state index is -0.327. The van der Waals surface area contributed by atoms with E-state index in [-0.39, 0.29) is 17.6 Å². The molecule has 1 aromatic rings. The van der Waals surface area contributed by atoms with Gasteiger partial charge in [-0.1, -0.05) is 19.9 Å².